The predicted octanol–water partition coefficient (Wildman–Crippen LogP) is 0.680. The number of hydrogen-bond donors (Lipinski definition) is 3. The summed E-state index contributed by atoms with van der Waals surface area (Å²) in [6, 6.07) is -0.455. The standard InChI is InChI=1S/C9H21N3O/c1-3-4-8(2)7-11-5-6-12-9(10)13/h8,11H,3-7H2,1-2H3,(H3,10,12,13). The third kappa shape index (κ3) is 9.14. The maximum absolute atomic E-state index is 10.3. The van der Waals surface area contributed by atoms with Crippen molar-refractivity contribution in [1.82, 2.24) is 10.6 Å². The highest BCUT2D eigenvalue weighted by molar-refractivity contribution is 5.71. The van der Waals surface area contributed by atoms with Crippen LogP contribution in [-0.2, 0) is 0 Å². The Hall–Kier alpha value is -0.770. The third-order valence-corrected chi connectivity index (χ3v) is 1.88. The van der Waals surface area contributed by atoms with Gasteiger partial charge >= 0.3 is 6.03 Å². The molecule has 1 unspecified atom stereocenters. The van der Waals surface area contributed by atoms with Gasteiger partial charge in [-0.15, -0.1) is 0 Å². The molecule has 78 valence electrons. The van der Waals surface area contributed by atoms with E-state index in [-0.39, 0.29) is 0 Å². The van der Waals surface area contributed by atoms with Crippen LogP contribution < -0.4 is 16.4 Å². The van der Waals surface area contributed by atoms with Crippen molar-refractivity contribution in [2.24, 2.45) is 11.7 Å². The zero-order valence-corrected chi connectivity index (χ0v) is 8.60. The van der Waals surface area contributed by atoms with E-state index in [4.69, 9.17) is 5.73 Å². The van der Waals surface area contributed by atoms with Crippen LogP contribution in [-0.4, -0.2) is 25.7 Å². The molecule has 13 heavy (non-hydrogen) atoms. The lowest BCUT2D eigenvalue weighted by atomic mass is 10.1. The normalized spacial score (nSPS) is 12.5. The summed E-state index contributed by atoms with van der Waals surface area (Å²) in [6.45, 7) is 6.81. The van der Waals surface area contributed by atoms with Gasteiger partial charge in [-0.3, -0.25) is 0 Å². The van der Waals surface area contributed by atoms with Crippen LogP contribution >= 0.6 is 0 Å². The molecular formula is C9H21N3O. The Labute approximate surface area is 80.3 Å². The second-order valence-electron chi connectivity index (χ2n) is 3.39. The fourth-order valence-electron chi connectivity index (χ4n) is 1.22. The lowest BCUT2D eigenvalue weighted by molar-refractivity contribution is 0.249. The minimum absolute atomic E-state index is 0.455. The predicted molar refractivity (Wildman–Crippen MR) is 54.5 cm³/mol. The van der Waals surface area contributed by atoms with Gasteiger partial charge in [-0.05, 0) is 18.9 Å². The fraction of sp³-hybridized carbons (Fsp3) is 0.889. The third-order valence-electron chi connectivity index (χ3n) is 1.88. The highest BCUT2D eigenvalue weighted by atomic mass is 16.2. The molecule has 4 N–H and O–H groups in total. The first-order chi connectivity index (χ1) is 6.16. The van der Waals surface area contributed by atoms with Gasteiger partial charge in [-0.1, -0.05) is 20.3 Å². The van der Waals surface area contributed by atoms with Gasteiger partial charge in [0.2, 0.25) is 0 Å². The van der Waals surface area contributed by atoms with Crippen LogP contribution in [0.3, 0.4) is 0 Å². The lowest BCUT2D eigenvalue weighted by Crippen LogP contribution is -2.36. The summed E-state index contributed by atoms with van der Waals surface area (Å²) in [4.78, 5) is 10.3. The lowest BCUT2D eigenvalue weighted by Gasteiger charge is -2.10. The summed E-state index contributed by atoms with van der Waals surface area (Å²) in [7, 11) is 0. The Bertz CT molecular complexity index is 139. The van der Waals surface area contributed by atoms with Crippen molar-refractivity contribution in [1.29, 1.82) is 0 Å². The monoisotopic (exact) mass is 187 g/mol. The molecule has 0 aromatic heterocycles. The molecule has 0 spiro atoms. The Kier molecular flexibility index (Phi) is 7.39. The molecule has 0 rings (SSSR count). The van der Waals surface area contributed by atoms with Crippen LogP contribution in [0.25, 0.3) is 0 Å². The maximum Gasteiger partial charge on any atom is 0.312 e. The summed E-state index contributed by atoms with van der Waals surface area (Å²) in [5.41, 5.74) is 4.90. The fourth-order valence-corrected chi connectivity index (χ4v) is 1.22. The van der Waals surface area contributed by atoms with Gasteiger partial charge in [0.1, 0.15) is 0 Å². The Balaban J connectivity index is 3.11. The number of nitrogens with one attached hydrogen (secondary N) is 2. The molecule has 0 aliphatic rings. The number of carbonyl (C=O) groups excluding carboxylic acids is 1. The molecule has 4 heteroatoms. The van der Waals surface area contributed by atoms with Crippen LogP contribution in [0.5, 0.6) is 0 Å². The van der Waals surface area contributed by atoms with Crippen molar-refractivity contribution in [3.8, 4) is 0 Å². The SMILES string of the molecule is CCCC(C)CNCCNC(N)=O. The minimum Gasteiger partial charge on any atom is -0.352 e. The van der Waals surface area contributed by atoms with Gasteiger partial charge in [-0.25, -0.2) is 4.79 Å². The quantitative estimate of drug-likeness (QED) is 0.513. The first-order valence-corrected chi connectivity index (χ1v) is 4.90. The second kappa shape index (κ2) is 7.86. The van der Waals surface area contributed by atoms with Gasteiger partial charge in [0.05, 0.1) is 0 Å². The minimum atomic E-state index is -0.455. The zero-order chi connectivity index (χ0) is 10.1. The smallest absolute Gasteiger partial charge is 0.312 e. The number of primary amides is 1. The van der Waals surface area contributed by atoms with Gasteiger partial charge < -0.3 is 16.4 Å². The molecule has 0 aliphatic carbocycles. The number of nitrogens with two attached hydrogens (primary N) is 1. The highest BCUT2D eigenvalue weighted by Crippen LogP contribution is 2.01. The molecule has 0 saturated carbocycles. The summed E-state index contributed by atoms with van der Waals surface area (Å²) >= 11 is 0. The van der Waals surface area contributed by atoms with E-state index in [1.54, 1.807) is 0 Å². The van der Waals surface area contributed by atoms with E-state index in [1.807, 2.05) is 0 Å². The second-order valence-corrected chi connectivity index (χ2v) is 3.39. The van der Waals surface area contributed by atoms with Crippen molar-refractivity contribution in [3.05, 3.63) is 0 Å². The molecule has 0 aromatic rings. The number of amides is 2. The van der Waals surface area contributed by atoms with Gasteiger partial charge in [0.25, 0.3) is 0 Å². The molecule has 0 fully saturated rings. The van der Waals surface area contributed by atoms with Crippen molar-refractivity contribution in [2.75, 3.05) is 19.6 Å². The zero-order valence-electron chi connectivity index (χ0n) is 8.60. The van der Waals surface area contributed by atoms with Crippen molar-refractivity contribution in [2.45, 2.75) is 26.7 Å². The van der Waals surface area contributed by atoms with E-state index in [0.29, 0.717) is 12.5 Å². The van der Waals surface area contributed by atoms with E-state index >= 15 is 0 Å². The van der Waals surface area contributed by atoms with Gasteiger partial charge in [0.15, 0.2) is 0 Å². The van der Waals surface area contributed by atoms with E-state index in [9.17, 15) is 4.79 Å². The molecular weight excluding hydrogens is 166 g/mol. The van der Waals surface area contributed by atoms with Crippen LogP contribution in [0, 0.1) is 5.92 Å². The van der Waals surface area contributed by atoms with Crippen molar-refractivity contribution < 1.29 is 4.79 Å². The van der Waals surface area contributed by atoms with Crippen LogP contribution in [0.2, 0.25) is 0 Å². The molecule has 2 amide bonds. The van der Waals surface area contributed by atoms with Crippen LogP contribution in [0.4, 0.5) is 4.79 Å². The molecule has 0 aromatic carbocycles. The highest BCUT2D eigenvalue weighted by Gasteiger charge is 1.98. The Morgan fingerprint density at radius 1 is 1.46 bits per heavy atom. The largest absolute Gasteiger partial charge is 0.352 e. The van der Waals surface area contributed by atoms with E-state index < -0.39 is 6.03 Å². The molecule has 0 bridgehead atoms. The Morgan fingerprint density at radius 2 is 2.15 bits per heavy atom. The van der Waals surface area contributed by atoms with Crippen LogP contribution in [0.15, 0.2) is 0 Å². The summed E-state index contributed by atoms with van der Waals surface area (Å²) in [5.74, 6) is 0.707. The molecule has 0 saturated heterocycles. The summed E-state index contributed by atoms with van der Waals surface area (Å²) < 4.78 is 0. The van der Waals surface area contributed by atoms with Crippen molar-refractivity contribution >= 4 is 6.03 Å². The van der Waals surface area contributed by atoms with E-state index in [2.05, 4.69) is 24.5 Å². The maximum atomic E-state index is 10.3. The molecule has 4 nitrogen and oxygen atoms in total. The van der Waals surface area contributed by atoms with Gasteiger partial charge in [-0.2, -0.15) is 0 Å². The van der Waals surface area contributed by atoms with Crippen LogP contribution in [0.1, 0.15) is 26.7 Å². The number of carbonyl (C=O) groups is 1. The van der Waals surface area contributed by atoms with Crippen molar-refractivity contribution in [3.63, 3.8) is 0 Å². The topological polar surface area (TPSA) is 67.2 Å². The van der Waals surface area contributed by atoms with E-state index in [0.717, 1.165) is 13.1 Å². The first-order valence-electron chi connectivity index (χ1n) is 4.90. The first kappa shape index (κ1) is 12.2. The summed E-state index contributed by atoms with van der Waals surface area (Å²) in [5, 5.41) is 5.78. The number of urea groups is 1. The number of hydrogen-bond acceptors (Lipinski definition) is 2. The number of rotatable bonds is 7. The molecule has 0 radical (unpaired) electrons. The molecule has 1 atom stereocenters. The molecule has 0 aliphatic heterocycles. The average Bonchev–Trinajstić information content (AvgIpc) is 2.03. The Morgan fingerprint density at radius 3 is 2.69 bits per heavy atom. The summed E-state index contributed by atoms with van der Waals surface area (Å²) in [6.07, 6.45) is 2.47. The van der Waals surface area contributed by atoms with Gasteiger partial charge in [0, 0.05) is 13.1 Å². The molecule has 0 heterocycles. The van der Waals surface area contributed by atoms with E-state index in [1.165, 1.54) is 12.8 Å². The average molecular weight is 187 g/mol.